The molecule has 1 aromatic heterocycles. The second-order valence-corrected chi connectivity index (χ2v) is 8.64. The zero-order valence-corrected chi connectivity index (χ0v) is 15.9. The first kappa shape index (κ1) is 19.2. The van der Waals surface area contributed by atoms with Crippen molar-refractivity contribution in [2.75, 3.05) is 11.1 Å². The quantitative estimate of drug-likeness (QED) is 0.814. The Labute approximate surface area is 148 Å². The molecular formula is C18H24N2O4S. The molecule has 0 spiro atoms. The van der Waals surface area contributed by atoms with Crippen LogP contribution in [0, 0.1) is 27.7 Å². The second-order valence-electron chi connectivity index (χ2n) is 6.45. The van der Waals surface area contributed by atoms with Gasteiger partial charge in [-0.25, -0.2) is 8.42 Å². The van der Waals surface area contributed by atoms with Crippen LogP contribution in [0.1, 0.15) is 41.0 Å². The molecule has 1 amide bonds. The summed E-state index contributed by atoms with van der Waals surface area (Å²) in [6.07, 6.45) is 0.423. The summed E-state index contributed by atoms with van der Waals surface area (Å²) in [5.74, 6) is -0.105. The summed E-state index contributed by atoms with van der Waals surface area (Å²) in [4.78, 5) is 12.1. The third-order valence-corrected chi connectivity index (χ3v) is 5.47. The highest BCUT2D eigenvalue weighted by atomic mass is 32.2. The molecule has 0 saturated heterocycles. The van der Waals surface area contributed by atoms with Gasteiger partial charge >= 0.3 is 0 Å². The monoisotopic (exact) mass is 364 g/mol. The van der Waals surface area contributed by atoms with E-state index in [4.69, 9.17) is 4.52 Å². The highest BCUT2D eigenvalue weighted by Crippen LogP contribution is 2.22. The maximum Gasteiger partial charge on any atom is 0.224 e. The molecule has 25 heavy (non-hydrogen) atoms. The van der Waals surface area contributed by atoms with Crippen LogP contribution in [0.15, 0.2) is 22.7 Å². The number of rotatable bonds is 7. The standard InChI is InChI=1S/C18H24N2O4S/c1-12-8-13(2)18(14(3)9-12)19-17(21)6-5-7-25(22,23)11-16-10-15(4)20-24-16/h8-10H,5-7,11H2,1-4H3,(H,19,21). The van der Waals surface area contributed by atoms with Crippen molar-refractivity contribution in [1.29, 1.82) is 0 Å². The van der Waals surface area contributed by atoms with E-state index in [1.54, 1.807) is 13.0 Å². The molecule has 6 nitrogen and oxygen atoms in total. The van der Waals surface area contributed by atoms with Crippen LogP contribution in [0.5, 0.6) is 0 Å². The van der Waals surface area contributed by atoms with E-state index in [2.05, 4.69) is 10.5 Å². The molecule has 0 atom stereocenters. The number of sulfone groups is 1. The van der Waals surface area contributed by atoms with Crippen LogP contribution in [0.4, 0.5) is 5.69 Å². The number of carbonyl (C=O) groups excluding carboxylic acids is 1. The first-order valence-corrected chi connectivity index (χ1v) is 9.99. The summed E-state index contributed by atoms with van der Waals surface area (Å²) in [6.45, 7) is 7.63. The number of benzene rings is 1. The van der Waals surface area contributed by atoms with Gasteiger partial charge in [-0.3, -0.25) is 4.79 Å². The number of nitrogens with one attached hydrogen (secondary N) is 1. The molecule has 1 N–H and O–H groups in total. The van der Waals surface area contributed by atoms with Crippen LogP contribution in [-0.4, -0.2) is 25.2 Å². The van der Waals surface area contributed by atoms with Crippen molar-refractivity contribution in [3.05, 3.63) is 46.3 Å². The Kier molecular flexibility index (Phi) is 6.00. The predicted octanol–water partition coefficient (Wildman–Crippen LogP) is 3.24. The van der Waals surface area contributed by atoms with Gasteiger partial charge in [-0.15, -0.1) is 0 Å². The van der Waals surface area contributed by atoms with Gasteiger partial charge in [0.15, 0.2) is 15.6 Å². The van der Waals surface area contributed by atoms with Gasteiger partial charge in [0.05, 0.1) is 11.4 Å². The van der Waals surface area contributed by atoms with Gasteiger partial charge in [0.1, 0.15) is 5.75 Å². The number of anilines is 1. The van der Waals surface area contributed by atoms with E-state index in [9.17, 15) is 13.2 Å². The maximum absolute atomic E-state index is 12.1. The highest BCUT2D eigenvalue weighted by molar-refractivity contribution is 7.90. The fourth-order valence-corrected chi connectivity index (χ4v) is 4.10. The van der Waals surface area contributed by atoms with Crippen LogP contribution < -0.4 is 5.32 Å². The van der Waals surface area contributed by atoms with Gasteiger partial charge in [-0.1, -0.05) is 22.9 Å². The Morgan fingerprint density at radius 3 is 2.32 bits per heavy atom. The largest absolute Gasteiger partial charge is 0.360 e. The van der Waals surface area contributed by atoms with E-state index >= 15 is 0 Å². The molecule has 0 radical (unpaired) electrons. The fourth-order valence-electron chi connectivity index (χ4n) is 2.80. The minimum atomic E-state index is -3.33. The summed E-state index contributed by atoms with van der Waals surface area (Å²) in [7, 11) is -3.33. The molecule has 1 aromatic carbocycles. The van der Waals surface area contributed by atoms with Crippen LogP contribution in [-0.2, 0) is 20.4 Å². The Morgan fingerprint density at radius 1 is 1.12 bits per heavy atom. The molecule has 0 aliphatic rings. The predicted molar refractivity (Wildman–Crippen MR) is 97.2 cm³/mol. The van der Waals surface area contributed by atoms with Crippen molar-refractivity contribution >= 4 is 21.4 Å². The highest BCUT2D eigenvalue weighted by Gasteiger charge is 2.16. The maximum atomic E-state index is 12.1. The van der Waals surface area contributed by atoms with Gasteiger partial charge in [-0.2, -0.15) is 0 Å². The zero-order chi connectivity index (χ0) is 18.6. The lowest BCUT2D eigenvalue weighted by atomic mass is 10.0. The van der Waals surface area contributed by atoms with E-state index in [0.29, 0.717) is 11.5 Å². The summed E-state index contributed by atoms with van der Waals surface area (Å²) in [6, 6.07) is 5.62. The van der Waals surface area contributed by atoms with Gasteiger partial charge in [0, 0.05) is 18.2 Å². The normalized spacial score (nSPS) is 11.5. The van der Waals surface area contributed by atoms with Gasteiger partial charge in [0.25, 0.3) is 0 Å². The second kappa shape index (κ2) is 7.82. The van der Waals surface area contributed by atoms with Crippen LogP contribution in [0.2, 0.25) is 0 Å². The van der Waals surface area contributed by atoms with E-state index in [1.165, 1.54) is 0 Å². The van der Waals surface area contributed by atoms with Crippen molar-refractivity contribution in [2.24, 2.45) is 0 Å². The van der Waals surface area contributed by atoms with Crippen LogP contribution in [0.3, 0.4) is 0 Å². The third-order valence-electron chi connectivity index (χ3n) is 3.84. The molecule has 2 aromatic rings. The fraction of sp³-hybridized carbons (Fsp3) is 0.444. The zero-order valence-electron chi connectivity index (χ0n) is 15.0. The summed E-state index contributed by atoms with van der Waals surface area (Å²) in [5.41, 5.74) is 4.59. The summed E-state index contributed by atoms with van der Waals surface area (Å²) >= 11 is 0. The topological polar surface area (TPSA) is 89.3 Å². The SMILES string of the molecule is Cc1cc(C)c(NC(=O)CCCS(=O)(=O)Cc2cc(C)no2)c(C)c1. The number of carbonyl (C=O) groups is 1. The first-order chi connectivity index (χ1) is 11.7. The van der Waals surface area contributed by atoms with Crippen LogP contribution in [0.25, 0.3) is 0 Å². The lowest BCUT2D eigenvalue weighted by molar-refractivity contribution is -0.116. The number of amides is 1. The van der Waals surface area contributed by atoms with Gasteiger partial charge in [0.2, 0.25) is 5.91 Å². The third kappa shape index (κ3) is 5.70. The minimum absolute atomic E-state index is 0.0635. The lowest BCUT2D eigenvalue weighted by Crippen LogP contribution is -2.16. The minimum Gasteiger partial charge on any atom is -0.360 e. The van der Waals surface area contributed by atoms with E-state index in [1.807, 2.05) is 32.9 Å². The molecule has 1 heterocycles. The molecule has 0 aliphatic carbocycles. The summed E-state index contributed by atoms with van der Waals surface area (Å²) < 4.78 is 29.1. The van der Waals surface area contributed by atoms with Crippen molar-refractivity contribution < 1.29 is 17.7 Å². The molecule has 0 unspecified atom stereocenters. The molecule has 0 saturated carbocycles. The van der Waals surface area contributed by atoms with Crippen molar-refractivity contribution in [2.45, 2.75) is 46.3 Å². The molecule has 136 valence electrons. The molecule has 0 aliphatic heterocycles. The number of hydrogen-bond acceptors (Lipinski definition) is 5. The molecule has 0 fully saturated rings. The molecule has 7 heteroatoms. The number of aryl methyl sites for hydroxylation is 4. The van der Waals surface area contributed by atoms with E-state index in [0.717, 1.165) is 22.4 Å². The number of nitrogens with zero attached hydrogens (tertiary/aromatic N) is 1. The first-order valence-electron chi connectivity index (χ1n) is 8.16. The van der Waals surface area contributed by atoms with Crippen LogP contribution >= 0.6 is 0 Å². The van der Waals surface area contributed by atoms with Gasteiger partial charge in [-0.05, 0) is 45.2 Å². The Balaban J connectivity index is 1.86. The Bertz CT molecular complexity index is 846. The van der Waals surface area contributed by atoms with Crippen molar-refractivity contribution in [1.82, 2.24) is 5.16 Å². The average molecular weight is 364 g/mol. The molecular weight excluding hydrogens is 340 g/mol. The lowest BCUT2D eigenvalue weighted by Gasteiger charge is -2.12. The van der Waals surface area contributed by atoms with Crippen molar-refractivity contribution in [3.8, 4) is 0 Å². The van der Waals surface area contributed by atoms with Gasteiger partial charge < -0.3 is 9.84 Å². The molecule has 2 rings (SSSR count). The van der Waals surface area contributed by atoms with E-state index in [-0.39, 0.29) is 30.3 Å². The van der Waals surface area contributed by atoms with Crippen molar-refractivity contribution in [3.63, 3.8) is 0 Å². The molecule has 0 bridgehead atoms. The Hall–Kier alpha value is -2.15. The summed E-state index contributed by atoms with van der Waals surface area (Å²) in [5, 5.41) is 6.56. The number of hydrogen-bond donors (Lipinski definition) is 1. The Morgan fingerprint density at radius 2 is 1.76 bits per heavy atom. The number of aromatic nitrogens is 1. The average Bonchev–Trinajstić information content (AvgIpc) is 2.87. The van der Waals surface area contributed by atoms with E-state index < -0.39 is 9.84 Å². The smallest absolute Gasteiger partial charge is 0.224 e.